The van der Waals surface area contributed by atoms with Gasteiger partial charge in [0, 0.05) is 30.4 Å². The van der Waals surface area contributed by atoms with E-state index in [1.807, 2.05) is 30.7 Å². The molecule has 0 unspecified atom stereocenters. The number of fused-ring (bicyclic) bond motifs is 1. The van der Waals surface area contributed by atoms with Crippen molar-refractivity contribution < 1.29 is 0 Å². The highest BCUT2D eigenvalue weighted by atomic mass is 15.2. The molecule has 0 aliphatic rings. The normalized spacial score (nSPS) is 12.5. The van der Waals surface area contributed by atoms with Crippen molar-refractivity contribution in [3.05, 3.63) is 60.6 Å². The van der Waals surface area contributed by atoms with E-state index in [2.05, 4.69) is 84.1 Å². The zero-order chi connectivity index (χ0) is 23.4. The topological polar surface area (TPSA) is 80.5 Å². The van der Waals surface area contributed by atoms with E-state index in [1.165, 1.54) is 0 Å². The molecule has 4 aromatic rings. The first kappa shape index (κ1) is 22.7. The van der Waals surface area contributed by atoms with Crippen LogP contribution in [0.25, 0.3) is 22.4 Å². The summed E-state index contributed by atoms with van der Waals surface area (Å²) in [5, 5.41) is 7.02. The average molecular weight is 444 g/mol. The molecular formula is C26H33N7. The Morgan fingerprint density at radius 2 is 1.73 bits per heavy atom. The van der Waals surface area contributed by atoms with Gasteiger partial charge < -0.3 is 15.2 Å². The highest BCUT2D eigenvalue weighted by molar-refractivity contribution is 5.84. The summed E-state index contributed by atoms with van der Waals surface area (Å²) in [4.78, 5) is 18.7. The molecule has 7 heteroatoms. The summed E-state index contributed by atoms with van der Waals surface area (Å²) in [7, 11) is 0. The van der Waals surface area contributed by atoms with Crippen molar-refractivity contribution in [2.75, 3.05) is 10.6 Å². The number of nitrogens with one attached hydrogen (secondary N) is 2. The quantitative estimate of drug-likeness (QED) is 0.334. The monoisotopic (exact) mass is 443 g/mol. The van der Waals surface area contributed by atoms with Gasteiger partial charge in [0.1, 0.15) is 0 Å². The average Bonchev–Trinajstić information content (AvgIpc) is 3.26. The van der Waals surface area contributed by atoms with Crippen LogP contribution >= 0.6 is 0 Å². The number of imidazole rings is 1. The maximum Gasteiger partial charge on any atom is 0.227 e. The molecule has 0 aliphatic carbocycles. The lowest BCUT2D eigenvalue weighted by Crippen LogP contribution is -2.26. The van der Waals surface area contributed by atoms with Crippen LogP contribution in [0.1, 0.15) is 52.6 Å². The van der Waals surface area contributed by atoms with Gasteiger partial charge in [-0.25, -0.2) is 4.98 Å². The van der Waals surface area contributed by atoms with E-state index in [9.17, 15) is 0 Å². The fourth-order valence-corrected chi connectivity index (χ4v) is 3.90. The Labute approximate surface area is 195 Å². The van der Waals surface area contributed by atoms with Crippen LogP contribution in [0.5, 0.6) is 0 Å². The molecule has 0 radical (unpaired) electrons. The fraction of sp³-hybridized carbons (Fsp3) is 0.385. The van der Waals surface area contributed by atoms with Crippen LogP contribution in [0.15, 0.2) is 55.0 Å². The molecule has 3 aromatic heterocycles. The van der Waals surface area contributed by atoms with Crippen LogP contribution in [0.4, 0.5) is 11.8 Å². The third-order valence-electron chi connectivity index (χ3n) is 5.91. The molecule has 0 amide bonds. The molecule has 0 fully saturated rings. The van der Waals surface area contributed by atoms with Crippen LogP contribution in [0.3, 0.4) is 0 Å². The molecule has 1 atom stereocenters. The van der Waals surface area contributed by atoms with Crippen molar-refractivity contribution >= 4 is 22.9 Å². The van der Waals surface area contributed by atoms with Gasteiger partial charge in [0.05, 0.1) is 12.0 Å². The molecule has 33 heavy (non-hydrogen) atoms. The molecule has 2 N–H and O–H groups in total. The minimum absolute atomic E-state index is 0.261. The minimum atomic E-state index is 0.261. The van der Waals surface area contributed by atoms with E-state index < -0.39 is 0 Å². The Morgan fingerprint density at radius 3 is 2.36 bits per heavy atom. The van der Waals surface area contributed by atoms with Crippen molar-refractivity contribution in [3.8, 4) is 11.3 Å². The second kappa shape index (κ2) is 9.98. The number of hydrogen-bond donors (Lipinski definition) is 2. The maximum atomic E-state index is 4.82. The second-order valence-electron chi connectivity index (χ2n) is 8.98. The zero-order valence-electron chi connectivity index (χ0n) is 20.1. The van der Waals surface area contributed by atoms with Crippen LogP contribution in [-0.4, -0.2) is 30.5 Å². The number of nitrogens with zero attached hydrogens (tertiary/aromatic N) is 5. The van der Waals surface area contributed by atoms with Crippen molar-refractivity contribution in [3.63, 3.8) is 0 Å². The van der Waals surface area contributed by atoms with Gasteiger partial charge in [0.25, 0.3) is 0 Å². The van der Waals surface area contributed by atoms with E-state index in [0.29, 0.717) is 24.5 Å². The van der Waals surface area contributed by atoms with Crippen molar-refractivity contribution in [1.82, 2.24) is 24.5 Å². The van der Waals surface area contributed by atoms with Gasteiger partial charge in [-0.2, -0.15) is 9.97 Å². The number of hydrogen-bond acceptors (Lipinski definition) is 6. The van der Waals surface area contributed by atoms with Crippen LogP contribution in [0.2, 0.25) is 0 Å². The van der Waals surface area contributed by atoms with Crippen molar-refractivity contribution in [1.29, 1.82) is 0 Å². The summed E-state index contributed by atoms with van der Waals surface area (Å²) in [5.41, 5.74) is 4.87. The predicted octanol–water partition coefficient (Wildman–Crippen LogP) is 5.93. The summed E-state index contributed by atoms with van der Waals surface area (Å²) in [5.74, 6) is 1.87. The summed E-state index contributed by atoms with van der Waals surface area (Å²) in [6, 6.07) is 15.0. The lowest BCUT2D eigenvalue weighted by Gasteiger charge is -2.21. The van der Waals surface area contributed by atoms with E-state index >= 15 is 0 Å². The van der Waals surface area contributed by atoms with Gasteiger partial charge in [0.2, 0.25) is 5.95 Å². The second-order valence-corrected chi connectivity index (χ2v) is 8.98. The van der Waals surface area contributed by atoms with Gasteiger partial charge in [-0.3, -0.25) is 4.98 Å². The Balaban J connectivity index is 1.59. The smallest absolute Gasteiger partial charge is 0.227 e. The van der Waals surface area contributed by atoms with Crippen molar-refractivity contribution in [2.45, 2.75) is 59.7 Å². The molecule has 172 valence electrons. The zero-order valence-corrected chi connectivity index (χ0v) is 20.1. The van der Waals surface area contributed by atoms with Gasteiger partial charge in [-0.1, -0.05) is 51.1 Å². The number of aromatic nitrogens is 5. The molecule has 0 aliphatic heterocycles. The lowest BCUT2D eigenvalue weighted by molar-refractivity contribution is 0.508. The summed E-state index contributed by atoms with van der Waals surface area (Å²) in [6.07, 6.45) is 4.67. The molecule has 0 saturated carbocycles. The highest BCUT2D eigenvalue weighted by Crippen LogP contribution is 2.25. The van der Waals surface area contributed by atoms with Crippen LogP contribution in [0, 0.1) is 5.92 Å². The van der Waals surface area contributed by atoms with Crippen LogP contribution in [-0.2, 0) is 6.54 Å². The van der Waals surface area contributed by atoms with E-state index in [-0.39, 0.29) is 6.04 Å². The molecular weight excluding hydrogens is 410 g/mol. The first-order chi connectivity index (χ1) is 16.0. The third kappa shape index (κ3) is 5.13. The fourth-order valence-electron chi connectivity index (χ4n) is 3.90. The Kier molecular flexibility index (Phi) is 6.87. The molecule has 4 rings (SSSR count). The molecule has 0 saturated heterocycles. The van der Waals surface area contributed by atoms with E-state index in [0.717, 1.165) is 40.2 Å². The Bertz CT molecular complexity index is 1180. The number of rotatable bonds is 9. The van der Waals surface area contributed by atoms with Gasteiger partial charge in [-0.15, -0.1) is 0 Å². The van der Waals surface area contributed by atoms with Crippen LogP contribution < -0.4 is 10.6 Å². The maximum absolute atomic E-state index is 4.82. The van der Waals surface area contributed by atoms with Gasteiger partial charge >= 0.3 is 0 Å². The molecule has 1 aromatic carbocycles. The number of benzene rings is 1. The Hall–Kier alpha value is -3.48. The molecule has 3 heterocycles. The summed E-state index contributed by atoms with van der Waals surface area (Å²) < 4.78 is 2.09. The predicted molar refractivity (Wildman–Crippen MR) is 135 cm³/mol. The standard InChI is InChI=1S/C26H33N7/c1-6-21(17(2)3)30-26-31-24(23-25(32-26)33(16-29-23)18(4)5)28-15-19-10-12-20(13-11-19)22-9-7-8-14-27-22/h7-14,16-18,21H,6,15H2,1-5H3,(H2,28,30,31,32)/t21-/m0/s1. The SMILES string of the molecule is CC[C@H](Nc1nc(NCc2ccc(-c3ccccn3)cc2)c2ncn(C(C)C)c2n1)C(C)C. The summed E-state index contributed by atoms with van der Waals surface area (Å²) in [6.45, 7) is 11.5. The number of pyridine rings is 1. The van der Waals surface area contributed by atoms with E-state index in [1.54, 1.807) is 0 Å². The molecule has 7 nitrogen and oxygen atoms in total. The Morgan fingerprint density at radius 1 is 0.939 bits per heavy atom. The molecule has 0 bridgehead atoms. The first-order valence-electron chi connectivity index (χ1n) is 11.7. The van der Waals surface area contributed by atoms with Gasteiger partial charge in [0.15, 0.2) is 17.0 Å². The number of anilines is 2. The minimum Gasteiger partial charge on any atom is -0.364 e. The largest absolute Gasteiger partial charge is 0.364 e. The summed E-state index contributed by atoms with van der Waals surface area (Å²) >= 11 is 0. The van der Waals surface area contributed by atoms with Gasteiger partial charge in [-0.05, 0) is 43.9 Å². The molecule has 0 spiro atoms. The highest BCUT2D eigenvalue weighted by Gasteiger charge is 2.18. The lowest BCUT2D eigenvalue weighted by atomic mass is 10.0. The first-order valence-corrected chi connectivity index (χ1v) is 11.7. The van der Waals surface area contributed by atoms with Crippen molar-refractivity contribution in [2.24, 2.45) is 5.92 Å². The van der Waals surface area contributed by atoms with E-state index in [4.69, 9.17) is 9.97 Å². The third-order valence-corrected chi connectivity index (χ3v) is 5.91.